The molecule has 1 aromatic heterocycles. The Morgan fingerprint density at radius 2 is 1.96 bits per heavy atom. The summed E-state index contributed by atoms with van der Waals surface area (Å²) in [5.74, 6) is -0.448. The molecule has 0 saturated heterocycles. The zero-order valence-electron chi connectivity index (χ0n) is 13.4. The van der Waals surface area contributed by atoms with Crippen molar-refractivity contribution in [2.45, 2.75) is 20.3 Å². The van der Waals surface area contributed by atoms with Gasteiger partial charge in [0.05, 0.1) is 15.6 Å². The highest BCUT2D eigenvalue weighted by Crippen LogP contribution is 2.25. The maximum absolute atomic E-state index is 12.6. The number of benzene rings is 1. The first-order valence-electron chi connectivity index (χ1n) is 7.51. The van der Waals surface area contributed by atoms with Crippen LogP contribution in [-0.2, 0) is 4.79 Å². The molecule has 0 radical (unpaired) electrons. The maximum Gasteiger partial charge on any atom is 0.264 e. The van der Waals surface area contributed by atoms with Crippen LogP contribution >= 0.6 is 34.5 Å². The molecule has 1 aromatic carbocycles. The van der Waals surface area contributed by atoms with Crippen LogP contribution in [0.4, 0.5) is 5.69 Å². The first kappa shape index (κ1) is 18.8. The SMILES string of the molecule is CCCN(CC(=O)Nc1cc(Cl)ccc1Cl)C(=O)c1ccc(C)s1. The normalized spacial score (nSPS) is 10.5. The zero-order valence-corrected chi connectivity index (χ0v) is 15.8. The number of hydrogen-bond acceptors (Lipinski definition) is 3. The van der Waals surface area contributed by atoms with Crippen LogP contribution in [0, 0.1) is 6.92 Å². The van der Waals surface area contributed by atoms with Crippen LogP contribution in [0.1, 0.15) is 27.9 Å². The zero-order chi connectivity index (χ0) is 17.7. The number of nitrogens with one attached hydrogen (secondary N) is 1. The number of nitrogens with zero attached hydrogens (tertiary/aromatic N) is 1. The molecule has 7 heteroatoms. The molecule has 2 rings (SSSR count). The fourth-order valence-corrected chi connectivity index (χ4v) is 3.36. The molecular weight excluding hydrogens is 367 g/mol. The molecule has 0 spiro atoms. The number of hydrogen-bond donors (Lipinski definition) is 1. The van der Waals surface area contributed by atoms with Crippen LogP contribution in [0.3, 0.4) is 0 Å². The molecule has 0 aliphatic heterocycles. The van der Waals surface area contributed by atoms with E-state index in [1.54, 1.807) is 29.2 Å². The van der Waals surface area contributed by atoms with Gasteiger partial charge in [-0.15, -0.1) is 11.3 Å². The maximum atomic E-state index is 12.6. The van der Waals surface area contributed by atoms with Crippen LogP contribution in [0.2, 0.25) is 10.0 Å². The molecule has 2 amide bonds. The number of thiophene rings is 1. The van der Waals surface area contributed by atoms with Crippen LogP contribution in [0.15, 0.2) is 30.3 Å². The summed E-state index contributed by atoms with van der Waals surface area (Å²) in [7, 11) is 0. The second-order valence-corrected chi connectivity index (χ2v) is 7.44. The van der Waals surface area contributed by atoms with Crippen molar-refractivity contribution in [2.75, 3.05) is 18.4 Å². The van der Waals surface area contributed by atoms with Gasteiger partial charge in [0.15, 0.2) is 0 Å². The summed E-state index contributed by atoms with van der Waals surface area (Å²) in [5.41, 5.74) is 0.435. The lowest BCUT2D eigenvalue weighted by atomic mass is 10.3. The fourth-order valence-electron chi connectivity index (χ4n) is 2.18. The lowest BCUT2D eigenvalue weighted by Gasteiger charge is -2.21. The van der Waals surface area contributed by atoms with Crippen molar-refractivity contribution in [3.05, 3.63) is 50.1 Å². The highest BCUT2D eigenvalue weighted by Gasteiger charge is 2.20. The minimum Gasteiger partial charge on any atom is -0.329 e. The third-order valence-electron chi connectivity index (χ3n) is 3.27. The molecule has 2 aromatic rings. The van der Waals surface area contributed by atoms with Gasteiger partial charge in [0.1, 0.15) is 6.54 Å². The Kier molecular flexibility index (Phi) is 6.66. The van der Waals surface area contributed by atoms with Crippen molar-refractivity contribution in [3.8, 4) is 0 Å². The van der Waals surface area contributed by atoms with Gasteiger partial charge in [0.25, 0.3) is 5.91 Å². The summed E-state index contributed by atoms with van der Waals surface area (Å²) in [6.07, 6.45) is 0.765. The van der Waals surface area contributed by atoms with E-state index in [0.717, 1.165) is 11.3 Å². The molecule has 1 heterocycles. The summed E-state index contributed by atoms with van der Waals surface area (Å²) >= 11 is 13.4. The lowest BCUT2D eigenvalue weighted by molar-refractivity contribution is -0.116. The van der Waals surface area contributed by atoms with Crippen molar-refractivity contribution >= 4 is 52.0 Å². The van der Waals surface area contributed by atoms with Gasteiger partial charge in [-0.25, -0.2) is 0 Å². The average Bonchev–Trinajstić information content (AvgIpc) is 2.96. The molecular formula is C17H18Cl2N2O2S. The first-order valence-corrected chi connectivity index (χ1v) is 9.08. The van der Waals surface area contributed by atoms with Crippen LogP contribution in [-0.4, -0.2) is 29.8 Å². The second kappa shape index (κ2) is 8.51. The molecule has 0 aliphatic carbocycles. The Labute approximate surface area is 155 Å². The van der Waals surface area contributed by atoms with Gasteiger partial charge in [0.2, 0.25) is 5.91 Å². The molecule has 0 saturated carbocycles. The van der Waals surface area contributed by atoms with Gasteiger partial charge in [-0.2, -0.15) is 0 Å². The van der Waals surface area contributed by atoms with E-state index >= 15 is 0 Å². The standard InChI is InChI=1S/C17H18Cl2N2O2S/c1-3-8-21(17(23)15-7-4-11(2)24-15)10-16(22)20-14-9-12(18)5-6-13(14)19/h4-7,9H,3,8,10H2,1-2H3,(H,20,22). The van der Waals surface area contributed by atoms with Crippen molar-refractivity contribution in [1.82, 2.24) is 4.90 Å². The molecule has 0 unspecified atom stereocenters. The van der Waals surface area contributed by atoms with Crippen molar-refractivity contribution in [1.29, 1.82) is 0 Å². The fraction of sp³-hybridized carbons (Fsp3) is 0.294. The number of carbonyl (C=O) groups is 2. The van der Waals surface area contributed by atoms with Crippen LogP contribution in [0.25, 0.3) is 0 Å². The van der Waals surface area contributed by atoms with Gasteiger partial charge in [-0.3, -0.25) is 9.59 Å². The van der Waals surface area contributed by atoms with E-state index in [9.17, 15) is 9.59 Å². The summed E-state index contributed by atoms with van der Waals surface area (Å²) in [6, 6.07) is 8.52. The Balaban J connectivity index is 2.08. The molecule has 0 aliphatic rings. The molecule has 128 valence electrons. The number of halogens is 2. The van der Waals surface area contributed by atoms with Crippen LogP contribution < -0.4 is 5.32 Å². The predicted octanol–water partition coefficient (Wildman–Crippen LogP) is 4.85. The van der Waals surface area contributed by atoms with E-state index in [1.807, 2.05) is 19.9 Å². The number of rotatable bonds is 6. The first-order chi connectivity index (χ1) is 11.4. The third kappa shape index (κ3) is 4.97. The number of aryl methyl sites for hydroxylation is 1. The van der Waals surface area contributed by atoms with Gasteiger partial charge < -0.3 is 10.2 Å². The summed E-state index contributed by atoms with van der Waals surface area (Å²) in [6.45, 7) is 4.38. The van der Waals surface area contributed by atoms with Crippen LogP contribution in [0.5, 0.6) is 0 Å². The third-order valence-corrected chi connectivity index (χ3v) is 4.82. The Morgan fingerprint density at radius 1 is 1.21 bits per heavy atom. The number of anilines is 1. The predicted molar refractivity (Wildman–Crippen MR) is 100 cm³/mol. The van der Waals surface area contributed by atoms with E-state index < -0.39 is 0 Å². The summed E-state index contributed by atoms with van der Waals surface area (Å²) in [4.78, 5) is 28.1. The highest BCUT2D eigenvalue weighted by atomic mass is 35.5. The minimum absolute atomic E-state index is 0.0353. The van der Waals surface area contributed by atoms with E-state index in [4.69, 9.17) is 23.2 Å². The molecule has 24 heavy (non-hydrogen) atoms. The van der Waals surface area contributed by atoms with E-state index in [1.165, 1.54) is 11.3 Å². The van der Waals surface area contributed by atoms with Crippen molar-refractivity contribution < 1.29 is 9.59 Å². The molecule has 4 nitrogen and oxygen atoms in total. The number of amides is 2. The van der Waals surface area contributed by atoms with Gasteiger partial charge in [-0.05, 0) is 43.7 Å². The minimum atomic E-state index is -0.311. The van der Waals surface area contributed by atoms with E-state index in [-0.39, 0.29) is 18.4 Å². The van der Waals surface area contributed by atoms with Crippen molar-refractivity contribution in [3.63, 3.8) is 0 Å². The Morgan fingerprint density at radius 3 is 2.58 bits per heavy atom. The van der Waals surface area contributed by atoms with E-state index in [0.29, 0.717) is 27.2 Å². The molecule has 0 atom stereocenters. The van der Waals surface area contributed by atoms with Gasteiger partial charge >= 0.3 is 0 Å². The Hall–Kier alpha value is -1.56. The summed E-state index contributed by atoms with van der Waals surface area (Å²) < 4.78 is 0. The average molecular weight is 385 g/mol. The Bertz CT molecular complexity index is 746. The van der Waals surface area contributed by atoms with Gasteiger partial charge in [-0.1, -0.05) is 30.1 Å². The second-order valence-electron chi connectivity index (χ2n) is 5.31. The molecule has 1 N–H and O–H groups in total. The molecule has 0 fully saturated rings. The molecule has 0 bridgehead atoms. The topological polar surface area (TPSA) is 49.4 Å². The quantitative estimate of drug-likeness (QED) is 0.773. The summed E-state index contributed by atoms with van der Waals surface area (Å²) in [5, 5.41) is 3.58. The smallest absolute Gasteiger partial charge is 0.264 e. The van der Waals surface area contributed by atoms with Crippen molar-refractivity contribution in [2.24, 2.45) is 0 Å². The highest BCUT2D eigenvalue weighted by molar-refractivity contribution is 7.13. The lowest BCUT2D eigenvalue weighted by Crippen LogP contribution is -2.38. The van der Waals surface area contributed by atoms with Gasteiger partial charge in [0, 0.05) is 16.4 Å². The van der Waals surface area contributed by atoms with E-state index in [2.05, 4.69) is 5.32 Å². The monoisotopic (exact) mass is 384 g/mol. The number of carbonyl (C=O) groups excluding carboxylic acids is 2. The largest absolute Gasteiger partial charge is 0.329 e.